The number of hydrogen-bond acceptors (Lipinski definition) is 2. The highest BCUT2D eigenvalue weighted by atomic mass is 19.2. The van der Waals surface area contributed by atoms with E-state index in [1.807, 2.05) is 0 Å². The number of nitrogens with one attached hydrogen (secondary N) is 1. The van der Waals surface area contributed by atoms with Crippen LogP contribution in [0.4, 0.5) is 18.9 Å². The van der Waals surface area contributed by atoms with E-state index in [1.165, 1.54) is 12.1 Å². The second-order valence-corrected chi connectivity index (χ2v) is 4.77. The normalized spacial score (nSPS) is 10.8. The molecule has 2 rings (SSSR count). The van der Waals surface area contributed by atoms with Crippen molar-refractivity contribution < 1.29 is 22.8 Å². The van der Waals surface area contributed by atoms with Crippen molar-refractivity contribution in [3.05, 3.63) is 77.1 Å². The molecule has 1 amide bonds. The molecule has 3 nitrogen and oxygen atoms in total. The van der Waals surface area contributed by atoms with E-state index in [1.54, 1.807) is 6.92 Å². The number of carbonyl (C=O) groups excluding carboxylic acids is 2. The Kier molecular flexibility index (Phi) is 4.95. The van der Waals surface area contributed by atoms with E-state index in [0.717, 1.165) is 36.4 Å². The number of benzene rings is 2. The zero-order valence-corrected chi connectivity index (χ0v) is 12.1. The van der Waals surface area contributed by atoms with Crippen molar-refractivity contribution in [2.75, 3.05) is 5.32 Å². The van der Waals surface area contributed by atoms with Crippen molar-refractivity contribution >= 4 is 17.4 Å². The van der Waals surface area contributed by atoms with Crippen LogP contribution >= 0.6 is 0 Å². The van der Waals surface area contributed by atoms with Crippen LogP contribution in [0.25, 0.3) is 0 Å². The van der Waals surface area contributed by atoms with Crippen molar-refractivity contribution in [1.82, 2.24) is 0 Å². The maximum Gasteiger partial charge on any atom is 0.248 e. The predicted molar refractivity (Wildman–Crippen MR) is 79.6 cm³/mol. The largest absolute Gasteiger partial charge is 0.322 e. The molecule has 0 aliphatic carbocycles. The molecule has 0 saturated heterocycles. The maximum atomic E-state index is 13.1. The second-order valence-electron chi connectivity index (χ2n) is 4.77. The first kappa shape index (κ1) is 16.5. The van der Waals surface area contributed by atoms with Crippen molar-refractivity contribution in [1.29, 1.82) is 0 Å². The van der Waals surface area contributed by atoms with Gasteiger partial charge in [0.25, 0.3) is 0 Å². The van der Waals surface area contributed by atoms with Crippen molar-refractivity contribution in [2.24, 2.45) is 0 Å². The first-order valence-electron chi connectivity index (χ1n) is 6.61. The van der Waals surface area contributed by atoms with Gasteiger partial charge in [0.05, 0.1) is 0 Å². The first-order chi connectivity index (χ1) is 10.9. The maximum absolute atomic E-state index is 13.1. The van der Waals surface area contributed by atoms with Gasteiger partial charge in [0.2, 0.25) is 5.91 Å². The molecule has 2 aromatic carbocycles. The quantitative estimate of drug-likeness (QED) is 0.688. The van der Waals surface area contributed by atoms with Crippen molar-refractivity contribution in [3.63, 3.8) is 0 Å². The molecule has 0 spiro atoms. The Morgan fingerprint density at radius 3 is 2.39 bits per heavy atom. The number of allylic oxidation sites excluding steroid dienone is 1. The number of anilines is 1. The van der Waals surface area contributed by atoms with E-state index in [4.69, 9.17) is 0 Å². The fourth-order valence-electron chi connectivity index (χ4n) is 1.80. The number of ketones is 1. The molecular weight excluding hydrogens is 307 g/mol. The van der Waals surface area contributed by atoms with Gasteiger partial charge in [0, 0.05) is 17.3 Å². The minimum Gasteiger partial charge on any atom is -0.322 e. The Morgan fingerprint density at radius 1 is 0.957 bits per heavy atom. The summed E-state index contributed by atoms with van der Waals surface area (Å²) < 4.78 is 38.9. The number of halogens is 3. The lowest BCUT2D eigenvalue weighted by Crippen LogP contribution is -2.10. The molecule has 23 heavy (non-hydrogen) atoms. The smallest absolute Gasteiger partial charge is 0.248 e. The summed E-state index contributed by atoms with van der Waals surface area (Å²) in [5, 5.41) is 2.43. The summed E-state index contributed by atoms with van der Waals surface area (Å²) in [4.78, 5) is 23.5. The van der Waals surface area contributed by atoms with Crippen LogP contribution in [0.15, 0.2) is 48.6 Å². The van der Waals surface area contributed by atoms with Gasteiger partial charge in [-0.25, -0.2) is 13.2 Å². The molecule has 0 saturated carbocycles. The molecule has 0 aliphatic heterocycles. The summed E-state index contributed by atoms with van der Waals surface area (Å²) in [5.74, 6) is -4.02. The van der Waals surface area contributed by atoms with Gasteiger partial charge in [-0.2, -0.15) is 0 Å². The SMILES string of the molecule is Cc1ccc(F)cc1NC(=O)/C=C/C(=O)c1ccc(F)c(F)c1. The minimum absolute atomic E-state index is 0.0881. The summed E-state index contributed by atoms with van der Waals surface area (Å²) in [6.07, 6.45) is 1.87. The lowest BCUT2D eigenvalue weighted by Gasteiger charge is -2.06. The highest BCUT2D eigenvalue weighted by Crippen LogP contribution is 2.16. The monoisotopic (exact) mass is 319 g/mol. The third kappa shape index (κ3) is 4.29. The van der Waals surface area contributed by atoms with Crippen LogP contribution in [0.1, 0.15) is 15.9 Å². The van der Waals surface area contributed by atoms with Gasteiger partial charge in [0.15, 0.2) is 17.4 Å². The summed E-state index contributed by atoms with van der Waals surface area (Å²) in [6.45, 7) is 1.69. The standard InChI is InChI=1S/C17H12F3NO2/c1-10-2-4-12(18)9-15(10)21-17(23)7-6-16(22)11-3-5-13(19)14(20)8-11/h2-9H,1H3,(H,21,23)/b7-6+. The summed E-state index contributed by atoms with van der Waals surface area (Å²) in [5.41, 5.74) is 0.842. The molecule has 1 N–H and O–H groups in total. The van der Waals surface area contributed by atoms with Crippen molar-refractivity contribution in [3.8, 4) is 0 Å². The predicted octanol–water partition coefficient (Wildman–Crippen LogP) is 3.79. The molecule has 0 atom stereocenters. The summed E-state index contributed by atoms with van der Waals surface area (Å²) >= 11 is 0. The van der Waals surface area contributed by atoms with Gasteiger partial charge in [-0.3, -0.25) is 9.59 Å². The van der Waals surface area contributed by atoms with Crippen LogP contribution in [0.3, 0.4) is 0 Å². The van der Waals surface area contributed by atoms with Gasteiger partial charge < -0.3 is 5.32 Å². The zero-order chi connectivity index (χ0) is 17.0. The summed E-state index contributed by atoms with van der Waals surface area (Å²) in [7, 11) is 0. The van der Waals surface area contributed by atoms with E-state index in [-0.39, 0.29) is 11.3 Å². The molecule has 0 unspecified atom stereocenters. The Labute approximate surface area is 130 Å². The Hall–Kier alpha value is -2.89. The van der Waals surface area contributed by atoms with E-state index < -0.39 is 29.1 Å². The molecule has 0 heterocycles. The Morgan fingerprint density at radius 2 is 1.70 bits per heavy atom. The fourth-order valence-corrected chi connectivity index (χ4v) is 1.80. The number of rotatable bonds is 4. The summed E-state index contributed by atoms with van der Waals surface area (Å²) in [6, 6.07) is 6.59. The van der Waals surface area contributed by atoms with Gasteiger partial charge >= 0.3 is 0 Å². The third-order valence-corrected chi connectivity index (χ3v) is 3.05. The van der Waals surface area contributed by atoms with Gasteiger partial charge in [-0.15, -0.1) is 0 Å². The molecule has 0 bridgehead atoms. The Balaban J connectivity index is 2.07. The number of amides is 1. The zero-order valence-electron chi connectivity index (χ0n) is 12.1. The molecule has 118 valence electrons. The molecule has 0 aromatic heterocycles. The van der Waals surface area contributed by atoms with Gasteiger partial charge in [-0.05, 0) is 48.9 Å². The van der Waals surface area contributed by atoms with E-state index in [0.29, 0.717) is 5.56 Å². The minimum atomic E-state index is -1.15. The highest BCUT2D eigenvalue weighted by molar-refractivity contribution is 6.09. The lowest BCUT2D eigenvalue weighted by molar-refractivity contribution is -0.111. The average Bonchev–Trinajstić information content (AvgIpc) is 2.51. The number of hydrogen-bond donors (Lipinski definition) is 1. The lowest BCUT2D eigenvalue weighted by atomic mass is 10.1. The van der Waals surface area contributed by atoms with Crippen LogP contribution in [-0.4, -0.2) is 11.7 Å². The average molecular weight is 319 g/mol. The van der Waals surface area contributed by atoms with E-state index in [2.05, 4.69) is 5.32 Å². The van der Waals surface area contributed by atoms with Crippen molar-refractivity contribution in [2.45, 2.75) is 6.92 Å². The number of carbonyl (C=O) groups is 2. The van der Waals surface area contributed by atoms with Crippen LogP contribution < -0.4 is 5.32 Å². The second kappa shape index (κ2) is 6.91. The topological polar surface area (TPSA) is 46.2 Å². The number of aryl methyl sites for hydroxylation is 1. The Bertz CT molecular complexity index is 800. The van der Waals surface area contributed by atoms with E-state index in [9.17, 15) is 22.8 Å². The molecular formula is C17H12F3NO2. The highest BCUT2D eigenvalue weighted by Gasteiger charge is 2.08. The molecule has 0 aliphatic rings. The van der Waals surface area contributed by atoms with E-state index >= 15 is 0 Å². The molecule has 0 fully saturated rings. The first-order valence-corrected chi connectivity index (χ1v) is 6.61. The van der Waals surface area contributed by atoms with Crippen LogP contribution in [0.5, 0.6) is 0 Å². The molecule has 0 radical (unpaired) electrons. The van der Waals surface area contributed by atoms with Crippen LogP contribution in [0.2, 0.25) is 0 Å². The molecule has 6 heteroatoms. The van der Waals surface area contributed by atoms with Gasteiger partial charge in [-0.1, -0.05) is 6.07 Å². The van der Waals surface area contributed by atoms with Crippen LogP contribution in [-0.2, 0) is 4.79 Å². The van der Waals surface area contributed by atoms with Gasteiger partial charge in [0.1, 0.15) is 5.82 Å². The fraction of sp³-hybridized carbons (Fsp3) is 0.0588. The molecule has 2 aromatic rings. The third-order valence-electron chi connectivity index (χ3n) is 3.05. The van der Waals surface area contributed by atoms with Crippen LogP contribution in [0, 0.1) is 24.4 Å².